The van der Waals surface area contributed by atoms with Gasteiger partial charge in [0.15, 0.2) is 5.65 Å². The van der Waals surface area contributed by atoms with Crippen molar-refractivity contribution in [3.8, 4) is 11.3 Å². The average molecular weight is 430 g/mol. The van der Waals surface area contributed by atoms with Crippen LogP contribution in [0.2, 0.25) is 5.02 Å². The minimum Gasteiger partial charge on any atom is -0.381 e. The molecule has 2 fully saturated rings. The van der Waals surface area contributed by atoms with Gasteiger partial charge in [-0.25, -0.2) is 19.3 Å². The summed E-state index contributed by atoms with van der Waals surface area (Å²) in [5.74, 6) is 0.404. The van der Waals surface area contributed by atoms with Crippen LogP contribution in [0, 0.1) is 18.7 Å². The monoisotopic (exact) mass is 429 g/mol. The standard InChI is InChI=1S/C21H21ClFN5O2/c1-12-9-24-19-18(15-3-2-14(22)8-16(15)23)26-21(27-20(19)25-12)28-5-7-30-17(10-28)13-4-6-29-11-13/h2-3,8-9,13,17H,4-7,10-11H2,1H3/t13-,17+/m0/s1. The van der Waals surface area contributed by atoms with Gasteiger partial charge in [-0.05, 0) is 31.5 Å². The van der Waals surface area contributed by atoms with Crippen molar-refractivity contribution in [2.45, 2.75) is 19.4 Å². The Morgan fingerprint density at radius 1 is 1.20 bits per heavy atom. The predicted molar refractivity (Wildman–Crippen MR) is 111 cm³/mol. The van der Waals surface area contributed by atoms with Crippen LogP contribution in [0.4, 0.5) is 10.3 Å². The minimum absolute atomic E-state index is 0.0554. The van der Waals surface area contributed by atoms with Crippen molar-refractivity contribution >= 4 is 28.7 Å². The maximum Gasteiger partial charge on any atom is 0.228 e. The highest BCUT2D eigenvalue weighted by atomic mass is 35.5. The number of nitrogens with zero attached hydrogens (tertiary/aromatic N) is 5. The molecule has 0 bridgehead atoms. The first kappa shape index (κ1) is 19.5. The highest BCUT2D eigenvalue weighted by Gasteiger charge is 2.32. The summed E-state index contributed by atoms with van der Waals surface area (Å²) in [5, 5.41) is 0.326. The van der Waals surface area contributed by atoms with Crippen LogP contribution < -0.4 is 4.90 Å². The number of aryl methyl sites for hydroxylation is 1. The molecule has 2 aromatic heterocycles. The van der Waals surface area contributed by atoms with E-state index in [0.717, 1.165) is 18.7 Å². The van der Waals surface area contributed by atoms with E-state index < -0.39 is 5.82 Å². The summed E-state index contributed by atoms with van der Waals surface area (Å²) in [7, 11) is 0. The van der Waals surface area contributed by atoms with Gasteiger partial charge >= 0.3 is 0 Å². The van der Waals surface area contributed by atoms with Gasteiger partial charge < -0.3 is 14.4 Å². The molecule has 3 aromatic rings. The van der Waals surface area contributed by atoms with Crippen LogP contribution in [0.3, 0.4) is 0 Å². The van der Waals surface area contributed by atoms with E-state index in [4.69, 9.17) is 26.1 Å². The van der Waals surface area contributed by atoms with Gasteiger partial charge in [-0.15, -0.1) is 0 Å². The van der Waals surface area contributed by atoms with Gasteiger partial charge in [0.05, 0.1) is 25.0 Å². The normalized spacial score (nSPS) is 22.0. The summed E-state index contributed by atoms with van der Waals surface area (Å²) >= 11 is 5.94. The predicted octanol–water partition coefficient (Wildman–Crippen LogP) is 3.43. The van der Waals surface area contributed by atoms with Crippen molar-refractivity contribution in [1.82, 2.24) is 19.9 Å². The fourth-order valence-corrected chi connectivity index (χ4v) is 4.14. The van der Waals surface area contributed by atoms with Gasteiger partial charge in [0.1, 0.15) is 17.0 Å². The quantitative estimate of drug-likeness (QED) is 0.631. The van der Waals surface area contributed by atoms with Crippen molar-refractivity contribution in [1.29, 1.82) is 0 Å². The van der Waals surface area contributed by atoms with E-state index >= 15 is 0 Å². The van der Waals surface area contributed by atoms with E-state index in [-0.39, 0.29) is 6.10 Å². The van der Waals surface area contributed by atoms with E-state index in [0.29, 0.717) is 65.6 Å². The van der Waals surface area contributed by atoms with Crippen LogP contribution >= 0.6 is 11.6 Å². The number of morpholine rings is 1. The second kappa shape index (κ2) is 8.02. The average Bonchev–Trinajstić information content (AvgIpc) is 3.28. The van der Waals surface area contributed by atoms with Gasteiger partial charge in [-0.1, -0.05) is 11.6 Å². The van der Waals surface area contributed by atoms with Gasteiger partial charge in [-0.3, -0.25) is 0 Å². The third-order valence-electron chi connectivity index (χ3n) is 5.57. The Bertz CT molecular complexity index is 1090. The SMILES string of the molecule is Cc1cnc2c(-c3ccc(Cl)cc3F)nc(N3CCO[C@@H]([C@H]4CCOC4)C3)nc2n1. The van der Waals surface area contributed by atoms with E-state index in [1.165, 1.54) is 6.07 Å². The lowest BCUT2D eigenvalue weighted by Crippen LogP contribution is -2.46. The van der Waals surface area contributed by atoms with E-state index in [9.17, 15) is 4.39 Å². The van der Waals surface area contributed by atoms with E-state index in [2.05, 4.69) is 19.9 Å². The van der Waals surface area contributed by atoms with Crippen LogP contribution in [0.25, 0.3) is 22.4 Å². The molecule has 0 amide bonds. The Labute approximate surface area is 178 Å². The molecule has 0 N–H and O–H groups in total. The zero-order valence-corrected chi connectivity index (χ0v) is 17.3. The zero-order valence-electron chi connectivity index (χ0n) is 16.5. The molecule has 9 heteroatoms. The van der Waals surface area contributed by atoms with Crippen LogP contribution in [-0.2, 0) is 9.47 Å². The van der Waals surface area contributed by atoms with Crippen LogP contribution in [0.1, 0.15) is 12.1 Å². The van der Waals surface area contributed by atoms with Crippen molar-refractivity contribution in [3.63, 3.8) is 0 Å². The molecule has 5 rings (SSSR count). The number of fused-ring (bicyclic) bond motifs is 1. The molecule has 7 nitrogen and oxygen atoms in total. The number of ether oxygens (including phenoxy) is 2. The summed E-state index contributed by atoms with van der Waals surface area (Å²) in [6, 6.07) is 4.53. The third kappa shape index (κ3) is 3.71. The fourth-order valence-electron chi connectivity index (χ4n) is 3.98. The van der Waals surface area contributed by atoms with Crippen LogP contribution in [0.5, 0.6) is 0 Å². The van der Waals surface area contributed by atoms with Gasteiger partial charge in [0, 0.05) is 42.4 Å². The zero-order chi connectivity index (χ0) is 20.7. The molecule has 0 unspecified atom stereocenters. The molecule has 1 aromatic carbocycles. The third-order valence-corrected chi connectivity index (χ3v) is 5.80. The first-order valence-electron chi connectivity index (χ1n) is 9.99. The number of hydrogen-bond donors (Lipinski definition) is 0. The number of rotatable bonds is 3. The lowest BCUT2D eigenvalue weighted by atomic mass is 10.0. The molecule has 0 aliphatic carbocycles. The molecule has 2 aliphatic rings. The molecule has 0 radical (unpaired) electrons. The summed E-state index contributed by atoms with van der Waals surface area (Å²) < 4.78 is 26.3. The van der Waals surface area contributed by atoms with Crippen molar-refractivity contribution in [2.75, 3.05) is 37.8 Å². The first-order chi connectivity index (χ1) is 14.6. The van der Waals surface area contributed by atoms with Crippen molar-refractivity contribution in [3.05, 3.63) is 40.9 Å². The highest BCUT2D eigenvalue weighted by molar-refractivity contribution is 6.30. The Morgan fingerprint density at radius 2 is 2.10 bits per heavy atom. The summed E-state index contributed by atoms with van der Waals surface area (Å²) in [5.41, 5.74) is 2.36. The lowest BCUT2D eigenvalue weighted by molar-refractivity contribution is -0.00167. The Morgan fingerprint density at radius 3 is 2.90 bits per heavy atom. The smallest absolute Gasteiger partial charge is 0.228 e. The molecule has 2 saturated heterocycles. The summed E-state index contributed by atoms with van der Waals surface area (Å²) in [6.07, 6.45) is 2.68. The van der Waals surface area contributed by atoms with Crippen molar-refractivity contribution in [2.24, 2.45) is 5.92 Å². The number of aromatic nitrogens is 4. The Hall–Kier alpha value is -2.42. The number of anilines is 1. The number of halogens is 2. The topological polar surface area (TPSA) is 73.3 Å². The molecule has 156 valence electrons. The largest absolute Gasteiger partial charge is 0.381 e. The Balaban J connectivity index is 1.58. The molecule has 2 atom stereocenters. The molecular formula is C21H21ClFN5O2. The van der Waals surface area contributed by atoms with Gasteiger partial charge in [0.25, 0.3) is 0 Å². The maximum atomic E-state index is 14.7. The highest BCUT2D eigenvalue weighted by Crippen LogP contribution is 2.31. The summed E-state index contributed by atoms with van der Waals surface area (Å²) in [4.78, 5) is 20.4. The van der Waals surface area contributed by atoms with E-state index in [1.807, 2.05) is 6.92 Å². The molecule has 30 heavy (non-hydrogen) atoms. The maximum absolute atomic E-state index is 14.7. The first-order valence-corrected chi connectivity index (χ1v) is 10.4. The van der Waals surface area contributed by atoms with Gasteiger partial charge in [-0.2, -0.15) is 4.98 Å². The number of hydrogen-bond acceptors (Lipinski definition) is 7. The molecule has 0 spiro atoms. The molecule has 0 saturated carbocycles. The summed E-state index contributed by atoms with van der Waals surface area (Å²) in [6.45, 7) is 5.21. The molecular weight excluding hydrogens is 409 g/mol. The van der Waals surface area contributed by atoms with E-state index in [1.54, 1.807) is 18.3 Å². The lowest BCUT2D eigenvalue weighted by Gasteiger charge is -2.35. The van der Waals surface area contributed by atoms with Crippen LogP contribution in [0.15, 0.2) is 24.4 Å². The second-order valence-corrected chi connectivity index (χ2v) is 8.10. The van der Waals surface area contributed by atoms with Crippen LogP contribution in [-0.4, -0.2) is 59.0 Å². The Kier molecular flexibility index (Phi) is 5.22. The minimum atomic E-state index is -0.459. The van der Waals surface area contributed by atoms with Gasteiger partial charge in [0.2, 0.25) is 5.95 Å². The molecule has 2 aliphatic heterocycles. The second-order valence-electron chi connectivity index (χ2n) is 7.66. The number of benzene rings is 1. The van der Waals surface area contributed by atoms with Crippen molar-refractivity contribution < 1.29 is 13.9 Å². The fraction of sp³-hybridized carbons (Fsp3) is 0.429. The molecule has 4 heterocycles.